The van der Waals surface area contributed by atoms with Crippen molar-refractivity contribution in [3.63, 3.8) is 0 Å². The Labute approximate surface area is 178 Å². The van der Waals surface area contributed by atoms with Crippen LogP contribution in [0.15, 0.2) is 66.7 Å². The quantitative estimate of drug-likeness (QED) is 0.607. The molecule has 5 heteroatoms. The molecule has 3 rings (SSSR count). The van der Waals surface area contributed by atoms with Crippen molar-refractivity contribution in [1.82, 2.24) is 9.80 Å². The third-order valence-electron chi connectivity index (χ3n) is 5.15. The summed E-state index contributed by atoms with van der Waals surface area (Å²) in [5.74, 6) is -0.0749. The maximum absolute atomic E-state index is 12.4. The second-order valence-electron chi connectivity index (χ2n) is 7.46. The van der Waals surface area contributed by atoms with Crippen LogP contribution in [0.25, 0.3) is 10.8 Å². The third kappa shape index (κ3) is 5.45. The highest BCUT2D eigenvalue weighted by molar-refractivity contribution is 5.96. The van der Waals surface area contributed by atoms with Crippen molar-refractivity contribution in [2.24, 2.45) is 0 Å². The van der Waals surface area contributed by atoms with Crippen LogP contribution in [0.4, 0.5) is 5.69 Å². The monoisotopic (exact) mass is 403 g/mol. The first-order valence-electron chi connectivity index (χ1n) is 10.4. The van der Waals surface area contributed by atoms with Crippen LogP contribution >= 0.6 is 0 Å². The van der Waals surface area contributed by atoms with Crippen molar-refractivity contribution in [1.29, 1.82) is 0 Å². The summed E-state index contributed by atoms with van der Waals surface area (Å²) in [5.41, 5.74) is 2.49. The summed E-state index contributed by atoms with van der Waals surface area (Å²) in [6, 6.07) is 21.7. The maximum Gasteiger partial charge on any atom is 0.253 e. The zero-order valence-corrected chi connectivity index (χ0v) is 17.9. The Bertz CT molecular complexity index is 1010. The molecule has 2 amide bonds. The van der Waals surface area contributed by atoms with Crippen LogP contribution in [0.2, 0.25) is 0 Å². The minimum atomic E-state index is -0.0823. The molecule has 0 spiro atoms. The van der Waals surface area contributed by atoms with E-state index in [4.69, 9.17) is 0 Å². The molecule has 0 aliphatic rings. The lowest BCUT2D eigenvalue weighted by Gasteiger charge is -2.19. The largest absolute Gasteiger partial charge is 0.339 e. The van der Waals surface area contributed by atoms with Gasteiger partial charge in [0.25, 0.3) is 5.91 Å². The molecule has 30 heavy (non-hydrogen) atoms. The average Bonchev–Trinajstić information content (AvgIpc) is 2.74. The van der Waals surface area contributed by atoms with Gasteiger partial charge in [0.05, 0.1) is 6.54 Å². The number of rotatable bonds is 8. The van der Waals surface area contributed by atoms with Gasteiger partial charge in [0.15, 0.2) is 0 Å². The van der Waals surface area contributed by atoms with E-state index in [1.165, 1.54) is 16.3 Å². The molecule has 3 aromatic carbocycles. The van der Waals surface area contributed by atoms with E-state index < -0.39 is 0 Å². The summed E-state index contributed by atoms with van der Waals surface area (Å²) in [4.78, 5) is 28.5. The Kier molecular flexibility index (Phi) is 7.20. The van der Waals surface area contributed by atoms with Gasteiger partial charge in [-0.05, 0) is 67.6 Å². The van der Waals surface area contributed by atoms with Crippen molar-refractivity contribution in [2.45, 2.75) is 20.4 Å². The number of nitrogens with zero attached hydrogens (tertiary/aromatic N) is 2. The molecule has 0 heterocycles. The summed E-state index contributed by atoms with van der Waals surface area (Å²) >= 11 is 0. The lowest BCUT2D eigenvalue weighted by molar-refractivity contribution is -0.117. The van der Waals surface area contributed by atoms with E-state index in [1.807, 2.05) is 37.9 Å². The van der Waals surface area contributed by atoms with Gasteiger partial charge in [-0.1, -0.05) is 36.4 Å². The summed E-state index contributed by atoms with van der Waals surface area (Å²) in [6.45, 7) is 6.26. The van der Waals surface area contributed by atoms with E-state index in [0.717, 1.165) is 0 Å². The number of hydrogen-bond acceptors (Lipinski definition) is 3. The summed E-state index contributed by atoms with van der Waals surface area (Å²) in [7, 11) is 1.93. The number of hydrogen-bond donors (Lipinski definition) is 1. The maximum atomic E-state index is 12.4. The zero-order chi connectivity index (χ0) is 21.5. The van der Waals surface area contributed by atoms with Gasteiger partial charge in [0.1, 0.15) is 0 Å². The number of benzene rings is 3. The van der Waals surface area contributed by atoms with Crippen molar-refractivity contribution >= 4 is 28.3 Å². The number of fused-ring (bicyclic) bond motifs is 1. The van der Waals surface area contributed by atoms with Crippen molar-refractivity contribution in [3.05, 3.63) is 77.9 Å². The van der Waals surface area contributed by atoms with Crippen LogP contribution in [0.1, 0.15) is 29.8 Å². The fourth-order valence-electron chi connectivity index (χ4n) is 3.54. The highest BCUT2D eigenvalue weighted by atomic mass is 16.2. The SMILES string of the molecule is CCN(CC)C(=O)c1ccc(NC(=O)CN(C)Cc2ccc3ccccc3c2)cc1. The van der Waals surface area contributed by atoms with Crippen LogP contribution in [-0.4, -0.2) is 48.3 Å². The molecule has 1 N–H and O–H groups in total. The summed E-state index contributed by atoms with van der Waals surface area (Å²) in [5, 5.41) is 5.32. The minimum Gasteiger partial charge on any atom is -0.339 e. The predicted octanol–water partition coefficient (Wildman–Crippen LogP) is 4.39. The number of amides is 2. The van der Waals surface area contributed by atoms with Gasteiger partial charge in [0, 0.05) is 30.9 Å². The molecule has 0 aromatic heterocycles. The van der Waals surface area contributed by atoms with Gasteiger partial charge in [-0.25, -0.2) is 0 Å². The van der Waals surface area contributed by atoms with Crippen molar-refractivity contribution in [2.75, 3.05) is 32.0 Å². The summed E-state index contributed by atoms with van der Waals surface area (Å²) < 4.78 is 0. The Hall–Kier alpha value is -3.18. The molecule has 0 radical (unpaired) electrons. The van der Waals surface area contributed by atoms with Crippen LogP contribution in [0, 0.1) is 0 Å². The van der Waals surface area contributed by atoms with Crippen LogP contribution in [0.5, 0.6) is 0 Å². The average molecular weight is 404 g/mol. The van der Waals surface area contributed by atoms with E-state index in [-0.39, 0.29) is 18.4 Å². The van der Waals surface area contributed by atoms with Gasteiger partial charge >= 0.3 is 0 Å². The van der Waals surface area contributed by atoms with Crippen molar-refractivity contribution in [3.8, 4) is 0 Å². The number of carbonyl (C=O) groups is 2. The highest BCUT2D eigenvalue weighted by Gasteiger charge is 2.13. The van der Waals surface area contributed by atoms with E-state index in [2.05, 4.69) is 35.6 Å². The Balaban J connectivity index is 1.54. The van der Waals surface area contributed by atoms with Crippen LogP contribution < -0.4 is 5.32 Å². The summed E-state index contributed by atoms with van der Waals surface area (Å²) in [6.07, 6.45) is 0. The van der Waals surface area contributed by atoms with Crippen LogP contribution in [-0.2, 0) is 11.3 Å². The van der Waals surface area contributed by atoms with Gasteiger partial charge in [-0.3, -0.25) is 14.5 Å². The number of anilines is 1. The molecular formula is C25H29N3O2. The Morgan fingerprint density at radius 3 is 2.20 bits per heavy atom. The first kappa shape index (κ1) is 21.5. The molecule has 0 fully saturated rings. The molecule has 0 saturated carbocycles. The normalized spacial score (nSPS) is 10.9. The lowest BCUT2D eigenvalue weighted by atomic mass is 10.1. The molecule has 156 valence electrons. The van der Waals surface area contributed by atoms with Gasteiger partial charge in [-0.2, -0.15) is 0 Å². The highest BCUT2D eigenvalue weighted by Crippen LogP contribution is 2.17. The number of likely N-dealkylation sites (N-methyl/N-ethyl adjacent to an activating group) is 1. The predicted molar refractivity (Wildman–Crippen MR) is 123 cm³/mol. The van der Waals surface area contributed by atoms with E-state index >= 15 is 0 Å². The molecule has 0 unspecified atom stereocenters. The topological polar surface area (TPSA) is 52.7 Å². The first-order valence-corrected chi connectivity index (χ1v) is 10.4. The first-order chi connectivity index (χ1) is 14.5. The minimum absolute atomic E-state index is 0.00740. The molecule has 0 aliphatic carbocycles. The van der Waals surface area contributed by atoms with Gasteiger partial charge in [-0.15, -0.1) is 0 Å². The Morgan fingerprint density at radius 2 is 1.53 bits per heavy atom. The number of carbonyl (C=O) groups excluding carboxylic acids is 2. The standard InChI is InChI=1S/C25H29N3O2/c1-4-28(5-2)25(30)21-12-14-23(15-13-21)26-24(29)18-27(3)17-19-10-11-20-8-6-7-9-22(20)16-19/h6-16H,4-5,17-18H2,1-3H3,(H,26,29). The van der Waals surface area contributed by atoms with Gasteiger partial charge in [0.2, 0.25) is 5.91 Å². The second-order valence-corrected chi connectivity index (χ2v) is 7.46. The van der Waals surface area contributed by atoms with E-state index in [9.17, 15) is 9.59 Å². The third-order valence-corrected chi connectivity index (χ3v) is 5.15. The number of nitrogens with one attached hydrogen (secondary N) is 1. The smallest absolute Gasteiger partial charge is 0.253 e. The fraction of sp³-hybridized carbons (Fsp3) is 0.280. The lowest BCUT2D eigenvalue weighted by Crippen LogP contribution is -2.30. The van der Waals surface area contributed by atoms with Gasteiger partial charge < -0.3 is 10.2 Å². The second kappa shape index (κ2) is 10.0. The molecule has 0 atom stereocenters. The van der Waals surface area contributed by atoms with Crippen molar-refractivity contribution < 1.29 is 9.59 Å². The van der Waals surface area contributed by atoms with E-state index in [0.29, 0.717) is 30.9 Å². The Morgan fingerprint density at radius 1 is 0.867 bits per heavy atom. The molecule has 0 bridgehead atoms. The van der Waals surface area contributed by atoms with E-state index in [1.54, 1.807) is 29.2 Å². The van der Waals surface area contributed by atoms with Crippen LogP contribution in [0.3, 0.4) is 0 Å². The molecule has 5 nitrogen and oxygen atoms in total. The zero-order valence-electron chi connectivity index (χ0n) is 17.9. The molecule has 0 saturated heterocycles. The molecular weight excluding hydrogens is 374 g/mol. The molecule has 0 aliphatic heterocycles. The molecule has 3 aromatic rings. The fourth-order valence-corrected chi connectivity index (χ4v) is 3.54.